The molecule has 4 nitrogen and oxygen atoms in total. The zero-order valence-electron chi connectivity index (χ0n) is 13.5. The Labute approximate surface area is 136 Å². The molecule has 122 valence electrons. The van der Waals surface area contributed by atoms with Crippen molar-refractivity contribution in [2.24, 2.45) is 0 Å². The largest absolute Gasteiger partial charge is 0.338 e. The highest BCUT2D eigenvalue weighted by Crippen LogP contribution is 2.30. The molecule has 1 aromatic carbocycles. The summed E-state index contributed by atoms with van der Waals surface area (Å²) in [5.74, 6) is -0.177. The minimum absolute atomic E-state index is 0.143. The molecule has 2 aliphatic rings. The van der Waals surface area contributed by atoms with E-state index in [2.05, 4.69) is 4.90 Å². The Bertz CT molecular complexity index is 636. The number of nitrogens with zero attached hydrogens (tertiary/aromatic N) is 3. The summed E-state index contributed by atoms with van der Waals surface area (Å²) in [6, 6.07) is 7.34. The summed E-state index contributed by atoms with van der Waals surface area (Å²) in [5, 5.41) is 8.82. The number of hydrogen-bond donors (Lipinski definition) is 0. The fraction of sp³-hybridized carbons (Fsp3) is 0.556. The Balaban J connectivity index is 1.67. The van der Waals surface area contributed by atoms with Crippen molar-refractivity contribution in [3.8, 4) is 6.07 Å². The van der Waals surface area contributed by atoms with E-state index in [9.17, 15) is 9.18 Å². The van der Waals surface area contributed by atoms with Crippen LogP contribution >= 0.6 is 0 Å². The summed E-state index contributed by atoms with van der Waals surface area (Å²) < 4.78 is 14.1. The van der Waals surface area contributed by atoms with Gasteiger partial charge in [-0.3, -0.25) is 9.69 Å². The van der Waals surface area contributed by atoms with Crippen molar-refractivity contribution < 1.29 is 9.18 Å². The summed E-state index contributed by atoms with van der Waals surface area (Å²) in [6.07, 6.45) is 4.35. The number of amides is 1. The summed E-state index contributed by atoms with van der Waals surface area (Å²) in [6.45, 7) is 3.86. The lowest BCUT2D eigenvalue weighted by Gasteiger charge is -2.30. The van der Waals surface area contributed by atoms with Gasteiger partial charge in [0.1, 0.15) is 5.82 Å². The predicted octanol–water partition coefficient (Wildman–Crippen LogP) is 2.67. The zero-order chi connectivity index (χ0) is 16.4. The molecule has 1 unspecified atom stereocenters. The number of carbonyl (C=O) groups excluding carboxylic acids is 1. The molecule has 1 saturated heterocycles. The van der Waals surface area contributed by atoms with Crippen LogP contribution in [0.1, 0.15) is 43.7 Å². The van der Waals surface area contributed by atoms with Crippen LogP contribution in [0.25, 0.3) is 0 Å². The normalized spacial score (nSPS) is 21.2. The lowest BCUT2D eigenvalue weighted by atomic mass is 10.1. The highest BCUT2D eigenvalue weighted by molar-refractivity contribution is 5.74. The molecule has 0 radical (unpaired) electrons. The van der Waals surface area contributed by atoms with Gasteiger partial charge in [0.15, 0.2) is 0 Å². The first-order valence-electron chi connectivity index (χ1n) is 8.28. The Morgan fingerprint density at radius 2 is 2.22 bits per heavy atom. The number of halogens is 1. The van der Waals surface area contributed by atoms with Crippen molar-refractivity contribution in [1.82, 2.24) is 9.80 Å². The van der Waals surface area contributed by atoms with E-state index in [4.69, 9.17) is 5.26 Å². The number of carbonyl (C=O) groups is 1. The zero-order valence-corrected chi connectivity index (χ0v) is 13.5. The molecule has 23 heavy (non-hydrogen) atoms. The topological polar surface area (TPSA) is 47.3 Å². The van der Waals surface area contributed by atoms with Gasteiger partial charge in [-0.25, -0.2) is 4.39 Å². The van der Waals surface area contributed by atoms with Gasteiger partial charge in [0.25, 0.3) is 0 Å². The molecule has 1 aliphatic heterocycles. The Kier molecular flexibility index (Phi) is 4.63. The first-order chi connectivity index (χ1) is 11.1. The average Bonchev–Trinajstić information content (AvgIpc) is 3.27. The maximum atomic E-state index is 14.1. The van der Waals surface area contributed by atoms with E-state index >= 15 is 0 Å². The fourth-order valence-electron chi connectivity index (χ4n) is 3.42. The van der Waals surface area contributed by atoms with E-state index in [1.807, 2.05) is 11.0 Å². The number of nitriles is 1. The van der Waals surface area contributed by atoms with Crippen molar-refractivity contribution in [2.75, 3.05) is 13.1 Å². The van der Waals surface area contributed by atoms with Crippen LogP contribution in [0.5, 0.6) is 0 Å². The lowest BCUT2D eigenvalue weighted by Crippen LogP contribution is -2.43. The molecule has 1 amide bonds. The Hall–Kier alpha value is -1.93. The molecule has 0 bridgehead atoms. The third-order valence-electron chi connectivity index (χ3n) is 4.85. The minimum Gasteiger partial charge on any atom is -0.338 e. The van der Waals surface area contributed by atoms with Gasteiger partial charge in [-0.05, 0) is 44.4 Å². The summed E-state index contributed by atoms with van der Waals surface area (Å²) in [5.41, 5.74) is 0.970. The van der Waals surface area contributed by atoms with Gasteiger partial charge < -0.3 is 4.90 Å². The Morgan fingerprint density at radius 3 is 2.83 bits per heavy atom. The van der Waals surface area contributed by atoms with Crippen molar-refractivity contribution in [1.29, 1.82) is 5.26 Å². The first-order valence-corrected chi connectivity index (χ1v) is 8.28. The van der Waals surface area contributed by atoms with Crippen LogP contribution in [0.4, 0.5) is 4.39 Å². The third kappa shape index (κ3) is 3.70. The highest BCUT2D eigenvalue weighted by atomic mass is 19.1. The number of likely N-dealkylation sites (tertiary alicyclic amines) is 1. The second-order valence-corrected chi connectivity index (χ2v) is 6.59. The summed E-state index contributed by atoms with van der Waals surface area (Å²) in [7, 11) is 0. The molecule has 3 rings (SSSR count). The molecule has 1 saturated carbocycles. The predicted molar refractivity (Wildman–Crippen MR) is 85.0 cm³/mol. The van der Waals surface area contributed by atoms with Crippen LogP contribution in [0.3, 0.4) is 0 Å². The van der Waals surface area contributed by atoms with Gasteiger partial charge in [-0.2, -0.15) is 5.26 Å². The minimum atomic E-state index is -0.319. The summed E-state index contributed by atoms with van der Waals surface area (Å²) in [4.78, 5) is 16.1. The van der Waals surface area contributed by atoms with E-state index in [0.29, 0.717) is 29.8 Å². The molecule has 1 heterocycles. The molecule has 1 atom stereocenters. The molecule has 0 spiro atoms. The van der Waals surface area contributed by atoms with Crippen LogP contribution in [0.15, 0.2) is 18.2 Å². The number of rotatable bonds is 5. The highest BCUT2D eigenvalue weighted by Gasteiger charge is 2.35. The number of benzene rings is 1. The van der Waals surface area contributed by atoms with E-state index in [1.165, 1.54) is 6.07 Å². The molecular weight excluding hydrogens is 293 g/mol. The van der Waals surface area contributed by atoms with Gasteiger partial charge in [-0.15, -0.1) is 0 Å². The first kappa shape index (κ1) is 15.9. The van der Waals surface area contributed by atoms with Crippen LogP contribution in [0, 0.1) is 17.1 Å². The van der Waals surface area contributed by atoms with Gasteiger partial charge in [0.2, 0.25) is 5.91 Å². The molecule has 0 N–H and O–H groups in total. The van der Waals surface area contributed by atoms with Crippen molar-refractivity contribution in [2.45, 2.75) is 51.2 Å². The quantitative estimate of drug-likeness (QED) is 0.839. The van der Waals surface area contributed by atoms with E-state index in [0.717, 1.165) is 38.8 Å². The summed E-state index contributed by atoms with van der Waals surface area (Å²) >= 11 is 0. The smallest absolute Gasteiger partial charge is 0.219 e. The van der Waals surface area contributed by atoms with Gasteiger partial charge >= 0.3 is 0 Å². The van der Waals surface area contributed by atoms with Gasteiger partial charge in [-0.1, -0.05) is 6.07 Å². The standard InChI is InChI=1S/C18H22FN3O/c1-13(23)22(16-6-7-16)12-17-3-2-8-21(17)11-15-5-4-14(10-20)9-18(15)19/h4-5,9,16-17H,2-3,6-8,11-12H2,1H3. The van der Waals surface area contributed by atoms with E-state index in [1.54, 1.807) is 19.1 Å². The molecule has 1 aromatic rings. The van der Waals surface area contributed by atoms with Crippen molar-refractivity contribution in [3.05, 3.63) is 35.1 Å². The maximum absolute atomic E-state index is 14.1. The molecule has 0 aromatic heterocycles. The van der Waals surface area contributed by atoms with Crippen molar-refractivity contribution in [3.63, 3.8) is 0 Å². The van der Waals surface area contributed by atoms with E-state index in [-0.39, 0.29) is 11.7 Å². The van der Waals surface area contributed by atoms with Crippen LogP contribution < -0.4 is 0 Å². The Morgan fingerprint density at radius 1 is 1.43 bits per heavy atom. The third-order valence-corrected chi connectivity index (χ3v) is 4.85. The average molecular weight is 315 g/mol. The lowest BCUT2D eigenvalue weighted by molar-refractivity contribution is -0.130. The monoisotopic (exact) mass is 315 g/mol. The van der Waals surface area contributed by atoms with Crippen molar-refractivity contribution >= 4 is 5.91 Å². The van der Waals surface area contributed by atoms with Gasteiger partial charge in [0, 0.05) is 37.7 Å². The molecule has 2 fully saturated rings. The number of hydrogen-bond acceptors (Lipinski definition) is 3. The molecule has 5 heteroatoms. The maximum Gasteiger partial charge on any atom is 0.219 e. The molecule has 1 aliphatic carbocycles. The van der Waals surface area contributed by atoms with Crippen LogP contribution in [0.2, 0.25) is 0 Å². The molecular formula is C18H22FN3O. The second-order valence-electron chi connectivity index (χ2n) is 6.59. The second kappa shape index (κ2) is 6.67. The van der Waals surface area contributed by atoms with Crippen LogP contribution in [-0.2, 0) is 11.3 Å². The van der Waals surface area contributed by atoms with Crippen LogP contribution in [-0.4, -0.2) is 40.9 Å². The van der Waals surface area contributed by atoms with Gasteiger partial charge in [0.05, 0.1) is 11.6 Å². The van der Waals surface area contributed by atoms with E-state index < -0.39 is 0 Å². The fourth-order valence-corrected chi connectivity index (χ4v) is 3.42. The SMILES string of the molecule is CC(=O)N(CC1CCCN1Cc1ccc(C#N)cc1F)C1CC1.